The Labute approximate surface area is 144 Å². The molecule has 0 saturated heterocycles. The monoisotopic (exact) mass is 339 g/mol. The van der Waals surface area contributed by atoms with E-state index in [4.69, 9.17) is 9.26 Å². The lowest BCUT2D eigenvalue weighted by atomic mass is 10.2. The van der Waals surface area contributed by atoms with Gasteiger partial charge < -0.3 is 19.1 Å². The van der Waals surface area contributed by atoms with Crippen molar-refractivity contribution in [2.75, 3.05) is 5.32 Å². The van der Waals surface area contributed by atoms with Crippen molar-refractivity contribution >= 4 is 17.7 Å². The van der Waals surface area contributed by atoms with Gasteiger partial charge in [-0.05, 0) is 50.2 Å². The van der Waals surface area contributed by atoms with Crippen LogP contribution < -0.4 is 5.32 Å². The number of benzene rings is 1. The van der Waals surface area contributed by atoms with Gasteiger partial charge >= 0.3 is 5.97 Å². The number of anilines is 1. The molecule has 1 unspecified atom stereocenters. The fourth-order valence-corrected chi connectivity index (χ4v) is 2.21. The van der Waals surface area contributed by atoms with Gasteiger partial charge in [0.25, 0.3) is 5.91 Å². The van der Waals surface area contributed by atoms with Gasteiger partial charge in [-0.25, -0.2) is 4.79 Å². The molecule has 0 spiro atoms. The van der Waals surface area contributed by atoms with Crippen molar-refractivity contribution in [2.45, 2.75) is 20.0 Å². The van der Waals surface area contributed by atoms with Gasteiger partial charge in [0, 0.05) is 24.1 Å². The van der Waals surface area contributed by atoms with Crippen LogP contribution in [0.2, 0.25) is 0 Å². The summed E-state index contributed by atoms with van der Waals surface area (Å²) in [6.07, 6.45) is 2.85. The molecule has 0 aliphatic carbocycles. The summed E-state index contributed by atoms with van der Waals surface area (Å²) in [6.45, 7) is 3.21. The van der Waals surface area contributed by atoms with Crippen molar-refractivity contribution in [2.24, 2.45) is 0 Å². The summed E-state index contributed by atoms with van der Waals surface area (Å²) in [7, 11) is 0. The van der Waals surface area contributed by atoms with Crippen LogP contribution in [0.15, 0.2) is 59.4 Å². The molecule has 0 aliphatic rings. The molecule has 25 heavy (non-hydrogen) atoms. The molecule has 2 aromatic heterocycles. The van der Waals surface area contributed by atoms with E-state index in [0.29, 0.717) is 11.3 Å². The van der Waals surface area contributed by atoms with Gasteiger partial charge in [-0.1, -0.05) is 5.16 Å². The van der Waals surface area contributed by atoms with Crippen molar-refractivity contribution in [3.05, 3.63) is 66.2 Å². The third-order valence-corrected chi connectivity index (χ3v) is 3.54. The molecule has 0 radical (unpaired) electrons. The summed E-state index contributed by atoms with van der Waals surface area (Å²) in [4.78, 5) is 24.2. The maximum Gasteiger partial charge on any atom is 0.338 e. The maximum absolute atomic E-state index is 12.2. The largest absolute Gasteiger partial charge is 0.449 e. The molecule has 0 saturated carbocycles. The number of hydrogen-bond acceptors (Lipinski definition) is 5. The van der Waals surface area contributed by atoms with Gasteiger partial charge in [-0.15, -0.1) is 0 Å². The van der Waals surface area contributed by atoms with E-state index in [2.05, 4.69) is 10.5 Å². The highest BCUT2D eigenvalue weighted by Gasteiger charge is 2.20. The number of hydrogen-bond donors (Lipinski definition) is 1. The normalized spacial score (nSPS) is 11.8. The summed E-state index contributed by atoms with van der Waals surface area (Å²) in [5.41, 5.74) is 1.29. The van der Waals surface area contributed by atoms with Gasteiger partial charge in [0.2, 0.25) is 0 Å². The summed E-state index contributed by atoms with van der Waals surface area (Å²) in [5.74, 6) is -0.201. The van der Waals surface area contributed by atoms with Crippen LogP contribution in [-0.2, 0) is 9.53 Å². The van der Waals surface area contributed by atoms with Crippen LogP contribution in [0.5, 0.6) is 0 Å². The van der Waals surface area contributed by atoms with Crippen molar-refractivity contribution in [3.8, 4) is 5.69 Å². The van der Waals surface area contributed by atoms with E-state index < -0.39 is 18.0 Å². The Morgan fingerprint density at radius 1 is 1.20 bits per heavy atom. The number of esters is 1. The van der Waals surface area contributed by atoms with Gasteiger partial charge in [0.15, 0.2) is 11.9 Å². The minimum absolute atomic E-state index is 0.279. The van der Waals surface area contributed by atoms with Crippen LogP contribution in [0.4, 0.5) is 5.82 Å². The van der Waals surface area contributed by atoms with Crippen LogP contribution >= 0.6 is 0 Å². The smallest absolute Gasteiger partial charge is 0.338 e. The first-order valence-electron chi connectivity index (χ1n) is 7.71. The number of carbonyl (C=O) groups is 2. The van der Waals surface area contributed by atoms with Gasteiger partial charge in [-0.3, -0.25) is 4.79 Å². The topological polar surface area (TPSA) is 86.4 Å². The third kappa shape index (κ3) is 3.95. The molecule has 1 aromatic carbocycles. The van der Waals surface area contributed by atoms with E-state index in [9.17, 15) is 9.59 Å². The zero-order valence-corrected chi connectivity index (χ0v) is 13.8. The molecule has 128 valence electrons. The molecule has 0 aliphatic heterocycles. The SMILES string of the molecule is Cc1cc(NC(=O)C(C)OC(=O)c2ccc(-n3cccc3)cc2)no1. The number of aryl methyl sites for hydroxylation is 1. The quantitative estimate of drug-likeness (QED) is 0.722. The first-order chi connectivity index (χ1) is 12.0. The fraction of sp³-hybridized carbons (Fsp3) is 0.167. The molecule has 7 nitrogen and oxygen atoms in total. The highest BCUT2D eigenvalue weighted by atomic mass is 16.5. The molecule has 3 aromatic rings. The van der Waals surface area contributed by atoms with Crippen molar-refractivity contribution in [1.82, 2.24) is 9.72 Å². The zero-order chi connectivity index (χ0) is 17.8. The molecule has 3 rings (SSSR count). The van der Waals surface area contributed by atoms with Gasteiger partial charge in [0.1, 0.15) is 5.76 Å². The lowest BCUT2D eigenvalue weighted by Crippen LogP contribution is -2.30. The van der Waals surface area contributed by atoms with Crippen molar-refractivity contribution in [1.29, 1.82) is 0 Å². The van der Waals surface area contributed by atoms with E-state index >= 15 is 0 Å². The van der Waals surface area contributed by atoms with E-state index in [-0.39, 0.29) is 5.82 Å². The second kappa shape index (κ2) is 7.04. The Bertz CT molecular complexity index is 866. The Kier molecular flexibility index (Phi) is 4.65. The summed E-state index contributed by atoms with van der Waals surface area (Å²) in [6, 6.07) is 12.3. The standard InChI is InChI=1S/C18H17N3O4/c1-12-11-16(20-25-12)19-17(22)13(2)24-18(23)14-5-7-15(8-6-14)21-9-3-4-10-21/h3-11,13H,1-2H3,(H,19,20,22). The second-order valence-electron chi connectivity index (χ2n) is 5.50. The van der Waals surface area contributed by atoms with Crippen LogP contribution in [0.25, 0.3) is 5.69 Å². The minimum Gasteiger partial charge on any atom is -0.449 e. The first-order valence-corrected chi connectivity index (χ1v) is 7.71. The average Bonchev–Trinajstić information content (AvgIpc) is 3.27. The number of nitrogens with zero attached hydrogens (tertiary/aromatic N) is 2. The molecule has 0 bridgehead atoms. The summed E-state index contributed by atoms with van der Waals surface area (Å²) < 4.78 is 12.0. The molecule has 0 fully saturated rings. The first kappa shape index (κ1) is 16.5. The van der Waals surface area contributed by atoms with E-state index in [1.54, 1.807) is 37.3 Å². The molecular formula is C18H17N3O4. The Morgan fingerprint density at radius 3 is 2.48 bits per heavy atom. The fourth-order valence-electron chi connectivity index (χ4n) is 2.21. The summed E-state index contributed by atoms with van der Waals surface area (Å²) in [5, 5.41) is 6.18. The molecule has 7 heteroatoms. The number of ether oxygens (including phenoxy) is 1. The molecule has 1 atom stereocenters. The lowest BCUT2D eigenvalue weighted by molar-refractivity contribution is -0.123. The summed E-state index contributed by atoms with van der Waals surface area (Å²) >= 11 is 0. The number of carbonyl (C=O) groups excluding carboxylic acids is 2. The van der Waals surface area contributed by atoms with E-state index in [1.807, 2.05) is 29.1 Å². The average molecular weight is 339 g/mol. The number of nitrogens with one attached hydrogen (secondary N) is 1. The van der Waals surface area contributed by atoms with Crippen LogP contribution in [0.3, 0.4) is 0 Å². The third-order valence-electron chi connectivity index (χ3n) is 3.54. The number of amides is 1. The molecule has 1 amide bonds. The van der Waals surface area contributed by atoms with Crippen LogP contribution in [0.1, 0.15) is 23.0 Å². The van der Waals surface area contributed by atoms with Crippen LogP contribution in [-0.4, -0.2) is 27.7 Å². The lowest BCUT2D eigenvalue weighted by Gasteiger charge is -2.12. The minimum atomic E-state index is -0.964. The van der Waals surface area contributed by atoms with Crippen molar-refractivity contribution in [3.63, 3.8) is 0 Å². The predicted molar refractivity (Wildman–Crippen MR) is 90.5 cm³/mol. The van der Waals surface area contributed by atoms with Gasteiger partial charge in [0.05, 0.1) is 5.56 Å². The highest BCUT2D eigenvalue weighted by molar-refractivity contribution is 5.96. The number of aromatic nitrogens is 2. The number of rotatable bonds is 5. The molecule has 1 N–H and O–H groups in total. The van der Waals surface area contributed by atoms with Gasteiger partial charge in [-0.2, -0.15) is 0 Å². The Morgan fingerprint density at radius 2 is 1.88 bits per heavy atom. The zero-order valence-electron chi connectivity index (χ0n) is 13.8. The second-order valence-corrected chi connectivity index (χ2v) is 5.50. The highest BCUT2D eigenvalue weighted by Crippen LogP contribution is 2.13. The molecular weight excluding hydrogens is 322 g/mol. The Hall–Kier alpha value is -3.35. The van der Waals surface area contributed by atoms with E-state index in [1.165, 1.54) is 6.92 Å². The van der Waals surface area contributed by atoms with Crippen LogP contribution in [0, 0.1) is 6.92 Å². The van der Waals surface area contributed by atoms with Crippen molar-refractivity contribution < 1.29 is 18.8 Å². The maximum atomic E-state index is 12.2. The van der Waals surface area contributed by atoms with E-state index in [0.717, 1.165) is 5.69 Å². The molecule has 2 heterocycles. The predicted octanol–water partition coefficient (Wildman–Crippen LogP) is 2.96. The Balaban J connectivity index is 1.60.